The molecule has 7 heteroatoms. The van der Waals surface area contributed by atoms with Gasteiger partial charge >= 0.3 is 6.09 Å². The molecule has 1 saturated heterocycles. The van der Waals surface area contributed by atoms with E-state index in [1.807, 2.05) is 20.8 Å². The molecule has 1 amide bonds. The Kier molecular flexibility index (Phi) is 5.35. The number of amides is 1. The zero-order chi connectivity index (χ0) is 18.0. The van der Waals surface area contributed by atoms with E-state index in [-0.39, 0.29) is 12.8 Å². The van der Waals surface area contributed by atoms with Crippen LogP contribution in [0.25, 0.3) is 0 Å². The van der Waals surface area contributed by atoms with Crippen molar-refractivity contribution in [2.75, 3.05) is 20.2 Å². The number of piperidine rings is 1. The number of aliphatic hydroxyl groups is 2. The second-order valence-corrected chi connectivity index (χ2v) is 7.09. The Hall–Kier alpha value is -1.86. The third kappa shape index (κ3) is 4.15. The van der Waals surface area contributed by atoms with E-state index in [4.69, 9.17) is 9.47 Å². The van der Waals surface area contributed by atoms with E-state index in [0.29, 0.717) is 24.4 Å². The molecule has 134 valence electrons. The zero-order valence-electron chi connectivity index (χ0n) is 14.7. The number of methoxy groups -OCH3 is 1. The minimum absolute atomic E-state index is 0.242. The standard InChI is InChI=1S/C17H26N2O5/c1-16(2,3)24-15(21)19-9-6-17(22,7-10-19)14(20)12-11-18-8-5-13(12)23-4/h5,8,11,14,20,22H,6-7,9-10H2,1-4H3. The largest absolute Gasteiger partial charge is 0.496 e. The molecule has 0 aliphatic carbocycles. The number of carbonyl (C=O) groups excluding carboxylic acids is 1. The quantitative estimate of drug-likeness (QED) is 0.874. The van der Waals surface area contributed by atoms with Crippen molar-refractivity contribution in [3.05, 3.63) is 24.0 Å². The predicted molar refractivity (Wildman–Crippen MR) is 87.7 cm³/mol. The van der Waals surface area contributed by atoms with Crippen molar-refractivity contribution in [3.63, 3.8) is 0 Å². The highest BCUT2D eigenvalue weighted by Crippen LogP contribution is 2.38. The number of aromatic nitrogens is 1. The first-order valence-electron chi connectivity index (χ1n) is 8.02. The molecule has 0 radical (unpaired) electrons. The number of likely N-dealkylation sites (tertiary alicyclic amines) is 1. The van der Waals surface area contributed by atoms with Crippen LogP contribution >= 0.6 is 0 Å². The summed E-state index contributed by atoms with van der Waals surface area (Å²) < 4.78 is 10.6. The average Bonchev–Trinajstić information content (AvgIpc) is 2.53. The summed E-state index contributed by atoms with van der Waals surface area (Å²) in [6, 6.07) is 1.64. The minimum Gasteiger partial charge on any atom is -0.496 e. The van der Waals surface area contributed by atoms with Crippen molar-refractivity contribution < 1.29 is 24.5 Å². The summed E-state index contributed by atoms with van der Waals surface area (Å²) in [6.07, 6.45) is 1.99. The Labute approximate surface area is 142 Å². The third-order valence-corrected chi connectivity index (χ3v) is 4.11. The van der Waals surface area contributed by atoms with Gasteiger partial charge in [-0.2, -0.15) is 0 Å². The molecule has 1 atom stereocenters. The first-order chi connectivity index (χ1) is 11.2. The van der Waals surface area contributed by atoms with Crippen LogP contribution in [0.3, 0.4) is 0 Å². The maximum absolute atomic E-state index is 12.1. The van der Waals surface area contributed by atoms with Crippen LogP contribution in [-0.4, -0.2) is 57.6 Å². The van der Waals surface area contributed by atoms with Gasteiger partial charge in [0.1, 0.15) is 17.5 Å². The second kappa shape index (κ2) is 6.94. The summed E-state index contributed by atoms with van der Waals surface area (Å²) in [7, 11) is 1.50. The molecule has 1 aromatic rings. The van der Waals surface area contributed by atoms with E-state index in [1.165, 1.54) is 13.3 Å². The van der Waals surface area contributed by atoms with Crippen LogP contribution in [0.15, 0.2) is 18.5 Å². The molecule has 1 unspecified atom stereocenters. The topological polar surface area (TPSA) is 92.1 Å². The van der Waals surface area contributed by atoms with Crippen LogP contribution in [0.2, 0.25) is 0 Å². The maximum atomic E-state index is 12.1. The van der Waals surface area contributed by atoms with Gasteiger partial charge in [0, 0.05) is 31.0 Å². The number of hydrogen-bond acceptors (Lipinski definition) is 6. The molecule has 0 bridgehead atoms. The number of hydrogen-bond donors (Lipinski definition) is 2. The number of carbonyl (C=O) groups is 1. The lowest BCUT2D eigenvalue weighted by molar-refractivity contribution is -0.111. The Bertz CT molecular complexity index is 577. The summed E-state index contributed by atoms with van der Waals surface area (Å²) in [5, 5.41) is 21.5. The lowest BCUT2D eigenvalue weighted by Crippen LogP contribution is -2.50. The molecular weight excluding hydrogens is 312 g/mol. The molecule has 7 nitrogen and oxygen atoms in total. The summed E-state index contributed by atoms with van der Waals surface area (Å²) in [5.41, 5.74) is -1.46. The molecule has 1 fully saturated rings. The fourth-order valence-electron chi connectivity index (χ4n) is 2.75. The van der Waals surface area contributed by atoms with Gasteiger partial charge in [0.2, 0.25) is 0 Å². The van der Waals surface area contributed by atoms with Gasteiger partial charge in [-0.15, -0.1) is 0 Å². The van der Waals surface area contributed by atoms with Gasteiger partial charge in [0.25, 0.3) is 0 Å². The summed E-state index contributed by atoms with van der Waals surface area (Å²) in [4.78, 5) is 17.6. The number of ether oxygens (including phenoxy) is 2. The van der Waals surface area contributed by atoms with Gasteiger partial charge in [0.15, 0.2) is 0 Å². The SMILES string of the molecule is COc1ccncc1C(O)C1(O)CCN(C(=O)OC(C)(C)C)CC1. The Morgan fingerprint density at radius 3 is 2.54 bits per heavy atom. The number of pyridine rings is 1. The first-order valence-corrected chi connectivity index (χ1v) is 8.02. The van der Waals surface area contributed by atoms with Crippen molar-refractivity contribution >= 4 is 6.09 Å². The number of rotatable bonds is 3. The van der Waals surface area contributed by atoms with Crippen LogP contribution in [-0.2, 0) is 4.74 Å². The molecule has 24 heavy (non-hydrogen) atoms. The van der Waals surface area contributed by atoms with Crippen LogP contribution in [0.4, 0.5) is 4.79 Å². The Balaban J connectivity index is 2.05. The van der Waals surface area contributed by atoms with E-state index in [9.17, 15) is 15.0 Å². The summed E-state index contributed by atoms with van der Waals surface area (Å²) >= 11 is 0. The molecule has 2 rings (SSSR count). The monoisotopic (exact) mass is 338 g/mol. The predicted octanol–water partition coefficient (Wildman–Crippen LogP) is 1.89. The molecule has 1 aliphatic rings. The minimum atomic E-state index is -1.34. The van der Waals surface area contributed by atoms with Crippen LogP contribution in [0, 0.1) is 0 Å². The summed E-state index contributed by atoms with van der Waals surface area (Å²) in [5.74, 6) is 0.473. The lowest BCUT2D eigenvalue weighted by Gasteiger charge is -2.41. The van der Waals surface area contributed by atoms with E-state index in [1.54, 1.807) is 17.2 Å². The molecule has 1 aromatic heterocycles. The number of nitrogens with zero attached hydrogens (tertiary/aromatic N) is 2. The normalized spacial score (nSPS) is 18.8. The molecule has 0 saturated carbocycles. The second-order valence-electron chi connectivity index (χ2n) is 7.09. The highest BCUT2D eigenvalue weighted by molar-refractivity contribution is 5.68. The highest BCUT2D eigenvalue weighted by Gasteiger charge is 2.42. The molecular formula is C17H26N2O5. The Morgan fingerprint density at radius 1 is 1.38 bits per heavy atom. The van der Waals surface area contributed by atoms with Gasteiger partial charge in [-0.1, -0.05) is 0 Å². The van der Waals surface area contributed by atoms with Gasteiger partial charge < -0.3 is 24.6 Å². The molecule has 2 heterocycles. The lowest BCUT2D eigenvalue weighted by atomic mass is 9.83. The van der Waals surface area contributed by atoms with E-state index >= 15 is 0 Å². The first kappa shape index (κ1) is 18.5. The van der Waals surface area contributed by atoms with Crippen molar-refractivity contribution in [3.8, 4) is 5.75 Å². The van der Waals surface area contributed by atoms with E-state index in [0.717, 1.165) is 0 Å². The van der Waals surface area contributed by atoms with Gasteiger partial charge in [-0.25, -0.2) is 4.79 Å². The fraction of sp³-hybridized carbons (Fsp3) is 0.647. The third-order valence-electron chi connectivity index (χ3n) is 4.11. The van der Waals surface area contributed by atoms with Crippen molar-refractivity contribution in [1.82, 2.24) is 9.88 Å². The molecule has 0 aromatic carbocycles. The van der Waals surface area contributed by atoms with Crippen molar-refractivity contribution in [1.29, 1.82) is 0 Å². The van der Waals surface area contributed by atoms with E-state index in [2.05, 4.69) is 4.98 Å². The molecule has 2 N–H and O–H groups in total. The molecule has 0 spiro atoms. The Morgan fingerprint density at radius 2 is 2.00 bits per heavy atom. The number of aliphatic hydroxyl groups excluding tert-OH is 1. The fourth-order valence-corrected chi connectivity index (χ4v) is 2.75. The van der Waals surface area contributed by atoms with Crippen molar-refractivity contribution in [2.45, 2.75) is 50.9 Å². The highest BCUT2D eigenvalue weighted by atomic mass is 16.6. The maximum Gasteiger partial charge on any atom is 0.410 e. The van der Waals surface area contributed by atoms with Gasteiger partial charge in [0.05, 0.1) is 12.7 Å². The van der Waals surface area contributed by atoms with E-state index < -0.39 is 23.4 Å². The zero-order valence-corrected chi connectivity index (χ0v) is 14.7. The van der Waals surface area contributed by atoms with Gasteiger partial charge in [-0.3, -0.25) is 4.98 Å². The van der Waals surface area contributed by atoms with Crippen LogP contribution < -0.4 is 4.74 Å². The van der Waals surface area contributed by atoms with Crippen LogP contribution in [0.5, 0.6) is 5.75 Å². The van der Waals surface area contributed by atoms with Gasteiger partial charge in [-0.05, 0) is 39.7 Å². The van der Waals surface area contributed by atoms with Crippen molar-refractivity contribution in [2.24, 2.45) is 0 Å². The smallest absolute Gasteiger partial charge is 0.410 e. The summed E-state index contributed by atoms with van der Waals surface area (Å²) in [6.45, 7) is 6.05. The van der Waals surface area contributed by atoms with Crippen LogP contribution in [0.1, 0.15) is 45.3 Å². The average molecular weight is 338 g/mol. The molecule has 1 aliphatic heterocycles.